The molecule has 1 atom stereocenters. The molecule has 0 spiro atoms. The van der Waals surface area contributed by atoms with Crippen LogP contribution in [0.1, 0.15) is 22.0 Å². The number of fused-ring (bicyclic) bond motifs is 1. The zero-order valence-corrected chi connectivity index (χ0v) is 12.2. The summed E-state index contributed by atoms with van der Waals surface area (Å²) in [5.41, 5.74) is 1.56. The Hall–Kier alpha value is -2.53. The fourth-order valence-corrected chi connectivity index (χ4v) is 2.33. The number of hydrogen-bond acceptors (Lipinski definition) is 4. The van der Waals surface area contributed by atoms with Crippen LogP contribution in [0.2, 0.25) is 0 Å². The molecule has 1 amide bonds. The maximum absolute atomic E-state index is 12.2. The highest BCUT2D eigenvalue weighted by atomic mass is 16.7. The van der Waals surface area contributed by atoms with Crippen LogP contribution in [0.5, 0.6) is 11.5 Å². The van der Waals surface area contributed by atoms with Crippen LogP contribution < -0.4 is 14.8 Å². The zero-order valence-electron chi connectivity index (χ0n) is 12.2. The Morgan fingerprint density at radius 2 is 1.95 bits per heavy atom. The van der Waals surface area contributed by atoms with Crippen molar-refractivity contribution in [3.8, 4) is 11.5 Å². The highest BCUT2D eigenvalue weighted by Gasteiger charge is 2.17. The molecule has 3 rings (SSSR count). The fraction of sp³-hybridized carbons (Fsp3) is 0.235. The predicted octanol–water partition coefficient (Wildman–Crippen LogP) is 2.53. The number of rotatable bonds is 5. The molecule has 0 saturated carbocycles. The third kappa shape index (κ3) is 3.04. The van der Waals surface area contributed by atoms with Gasteiger partial charge in [-0.2, -0.15) is 0 Å². The first-order valence-electron chi connectivity index (χ1n) is 7.03. The van der Waals surface area contributed by atoms with Gasteiger partial charge in [-0.05, 0) is 23.8 Å². The molecular weight excluding hydrogens is 282 g/mol. The lowest BCUT2D eigenvalue weighted by Gasteiger charge is -2.16. The first kappa shape index (κ1) is 14.4. The van der Waals surface area contributed by atoms with Crippen molar-refractivity contribution in [3.63, 3.8) is 0 Å². The van der Waals surface area contributed by atoms with E-state index in [9.17, 15) is 4.79 Å². The monoisotopic (exact) mass is 299 g/mol. The van der Waals surface area contributed by atoms with Crippen molar-refractivity contribution in [2.45, 2.75) is 6.10 Å². The number of hydrogen-bond donors (Lipinski definition) is 1. The van der Waals surface area contributed by atoms with Gasteiger partial charge >= 0.3 is 0 Å². The normalized spacial score (nSPS) is 13.7. The standard InChI is InChI=1S/C17H17NO4/c1-20-16(12-5-3-2-4-6-12)10-18-17(19)13-7-8-14-15(9-13)22-11-21-14/h2-9,16H,10-11H2,1H3,(H,18,19). The number of amides is 1. The van der Waals surface area contributed by atoms with E-state index in [0.29, 0.717) is 23.6 Å². The third-order valence-corrected chi connectivity index (χ3v) is 3.54. The van der Waals surface area contributed by atoms with Crippen LogP contribution in [0, 0.1) is 0 Å². The van der Waals surface area contributed by atoms with Crippen LogP contribution in [0.3, 0.4) is 0 Å². The summed E-state index contributed by atoms with van der Waals surface area (Å²) in [6.45, 7) is 0.591. The molecule has 2 aromatic rings. The molecule has 114 valence electrons. The minimum Gasteiger partial charge on any atom is -0.454 e. The highest BCUT2D eigenvalue weighted by Crippen LogP contribution is 2.32. The van der Waals surface area contributed by atoms with Crippen LogP contribution in [0.4, 0.5) is 0 Å². The summed E-state index contributed by atoms with van der Waals surface area (Å²) < 4.78 is 15.9. The smallest absolute Gasteiger partial charge is 0.251 e. The van der Waals surface area contributed by atoms with E-state index in [-0.39, 0.29) is 18.8 Å². The van der Waals surface area contributed by atoms with Gasteiger partial charge in [0.2, 0.25) is 6.79 Å². The van der Waals surface area contributed by atoms with E-state index >= 15 is 0 Å². The van der Waals surface area contributed by atoms with Crippen molar-refractivity contribution < 1.29 is 19.0 Å². The summed E-state index contributed by atoms with van der Waals surface area (Å²) in [5.74, 6) is 1.09. The van der Waals surface area contributed by atoms with E-state index in [1.807, 2.05) is 30.3 Å². The first-order valence-corrected chi connectivity index (χ1v) is 7.03. The van der Waals surface area contributed by atoms with Gasteiger partial charge in [-0.25, -0.2) is 0 Å². The van der Waals surface area contributed by atoms with E-state index in [2.05, 4.69) is 5.32 Å². The van der Waals surface area contributed by atoms with Crippen LogP contribution in [0.25, 0.3) is 0 Å². The number of methoxy groups -OCH3 is 1. The lowest BCUT2D eigenvalue weighted by atomic mass is 10.1. The lowest BCUT2D eigenvalue weighted by Crippen LogP contribution is -2.29. The molecule has 0 bridgehead atoms. The van der Waals surface area contributed by atoms with Gasteiger partial charge in [-0.3, -0.25) is 4.79 Å². The summed E-state index contributed by atoms with van der Waals surface area (Å²) in [7, 11) is 1.63. The van der Waals surface area contributed by atoms with Gasteiger partial charge in [0.05, 0.1) is 6.10 Å². The Morgan fingerprint density at radius 1 is 1.18 bits per heavy atom. The van der Waals surface area contributed by atoms with Crippen molar-refractivity contribution in [3.05, 3.63) is 59.7 Å². The van der Waals surface area contributed by atoms with E-state index in [1.54, 1.807) is 25.3 Å². The van der Waals surface area contributed by atoms with Crippen molar-refractivity contribution in [1.82, 2.24) is 5.32 Å². The van der Waals surface area contributed by atoms with Gasteiger partial charge in [0.1, 0.15) is 0 Å². The number of benzene rings is 2. The lowest BCUT2D eigenvalue weighted by molar-refractivity contribution is 0.0827. The van der Waals surface area contributed by atoms with Crippen LogP contribution >= 0.6 is 0 Å². The topological polar surface area (TPSA) is 56.8 Å². The molecule has 5 heteroatoms. The average molecular weight is 299 g/mol. The van der Waals surface area contributed by atoms with Gasteiger partial charge in [0.25, 0.3) is 5.91 Å². The molecule has 1 aliphatic rings. The highest BCUT2D eigenvalue weighted by molar-refractivity contribution is 5.94. The second kappa shape index (κ2) is 6.49. The largest absolute Gasteiger partial charge is 0.454 e. The summed E-state index contributed by atoms with van der Waals surface area (Å²) in [5, 5.41) is 2.88. The molecule has 2 aromatic carbocycles. The maximum Gasteiger partial charge on any atom is 0.251 e. The quantitative estimate of drug-likeness (QED) is 0.922. The summed E-state index contributed by atoms with van der Waals surface area (Å²) >= 11 is 0. The van der Waals surface area contributed by atoms with E-state index in [1.165, 1.54) is 0 Å². The second-order valence-electron chi connectivity index (χ2n) is 4.91. The minimum absolute atomic E-state index is 0.170. The molecule has 1 heterocycles. The van der Waals surface area contributed by atoms with Crippen molar-refractivity contribution >= 4 is 5.91 Å². The number of carbonyl (C=O) groups is 1. The van der Waals surface area contributed by atoms with Crippen LogP contribution in [0.15, 0.2) is 48.5 Å². The fourth-order valence-electron chi connectivity index (χ4n) is 2.33. The summed E-state index contributed by atoms with van der Waals surface area (Å²) in [6, 6.07) is 14.9. The van der Waals surface area contributed by atoms with Gasteiger partial charge in [0, 0.05) is 19.2 Å². The van der Waals surface area contributed by atoms with Gasteiger partial charge in [-0.15, -0.1) is 0 Å². The molecule has 0 saturated heterocycles. The molecule has 1 N–H and O–H groups in total. The van der Waals surface area contributed by atoms with E-state index in [4.69, 9.17) is 14.2 Å². The Morgan fingerprint density at radius 3 is 2.73 bits per heavy atom. The number of nitrogens with one attached hydrogen (secondary N) is 1. The number of ether oxygens (including phenoxy) is 3. The van der Waals surface area contributed by atoms with E-state index < -0.39 is 0 Å². The Labute approximate surface area is 128 Å². The molecule has 1 unspecified atom stereocenters. The van der Waals surface area contributed by atoms with Gasteiger partial charge in [-0.1, -0.05) is 30.3 Å². The average Bonchev–Trinajstić information content (AvgIpc) is 3.03. The molecule has 1 aliphatic heterocycles. The maximum atomic E-state index is 12.2. The summed E-state index contributed by atoms with van der Waals surface area (Å²) in [6.07, 6.45) is -0.181. The Kier molecular flexibility index (Phi) is 4.25. The molecular formula is C17H17NO4. The third-order valence-electron chi connectivity index (χ3n) is 3.54. The molecule has 22 heavy (non-hydrogen) atoms. The molecule has 0 aliphatic carbocycles. The van der Waals surface area contributed by atoms with Crippen LogP contribution in [-0.4, -0.2) is 26.4 Å². The Bertz CT molecular complexity index is 657. The van der Waals surface area contributed by atoms with Crippen molar-refractivity contribution in [2.24, 2.45) is 0 Å². The van der Waals surface area contributed by atoms with Gasteiger partial charge < -0.3 is 19.5 Å². The predicted molar refractivity (Wildman–Crippen MR) is 81.1 cm³/mol. The minimum atomic E-state index is -0.181. The van der Waals surface area contributed by atoms with Gasteiger partial charge in [0.15, 0.2) is 11.5 Å². The first-order chi connectivity index (χ1) is 10.8. The summed E-state index contributed by atoms with van der Waals surface area (Å²) in [4.78, 5) is 12.2. The second-order valence-corrected chi connectivity index (χ2v) is 4.91. The molecule has 5 nitrogen and oxygen atoms in total. The zero-order chi connectivity index (χ0) is 15.4. The molecule has 0 fully saturated rings. The molecule has 0 radical (unpaired) electrons. The Balaban J connectivity index is 1.64. The van der Waals surface area contributed by atoms with E-state index in [0.717, 1.165) is 5.56 Å². The van der Waals surface area contributed by atoms with Crippen LogP contribution in [-0.2, 0) is 4.74 Å². The van der Waals surface area contributed by atoms with Crippen molar-refractivity contribution in [2.75, 3.05) is 20.4 Å². The number of carbonyl (C=O) groups excluding carboxylic acids is 1. The molecule has 0 aromatic heterocycles. The van der Waals surface area contributed by atoms with Crippen molar-refractivity contribution in [1.29, 1.82) is 0 Å². The SMILES string of the molecule is COC(CNC(=O)c1ccc2c(c1)OCO2)c1ccccc1.